The van der Waals surface area contributed by atoms with E-state index < -0.39 is 11.8 Å². The summed E-state index contributed by atoms with van der Waals surface area (Å²) in [7, 11) is 0. The summed E-state index contributed by atoms with van der Waals surface area (Å²) >= 11 is 7.42. The molecule has 2 saturated heterocycles. The number of carbonyl (C=O) groups excluding carboxylic acids is 2. The van der Waals surface area contributed by atoms with Crippen molar-refractivity contribution in [1.29, 1.82) is 0 Å². The first-order valence-corrected chi connectivity index (χ1v) is 12.4. The molecular formula is C25H23ClFN3O4S. The maximum Gasteiger partial charge on any atom is 0.335 e. The summed E-state index contributed by atoms with van der Waals surface area (Å²) in [4.78, 5) is 39.1. The Morgan fingerprint density at radius 3 is 2.60 bits per heavy atom. The summed E-state index contributed by atoms with van der Waals surface area (Å²) in [5.41, 5.74) is 0.920. The van der Waals surface area contributed by atoms with Gasteiger partial charge < -0.3 is 19.9 Å². The van der Waals surface area contributed by atoms with Gasteiger partial charge in [-0.3, -0.25) is 9.59 Å². The Morgan fingerprint density at radius 1 is 1.23 bits per heavy atom. The average molecular weight is 516 g/mol. The molecule has 1 spiro atoms. The molecule has 0 saturated carbocycles. The van der Waals surface area contributed by atoms with E-state index in [2.05, 4.69) is 5.32 Å². The van der Waals surface area contributed by atoms with E-state index in [4.69, 9.17) is 11.6 Å². The van der Waals surface area contributed by atoms with Crippen LogP contribution in [0.2, 0.25) is 5.02 Å². The Balaban J connectivity index is 1.45. The molecule has 2 aromatic carbocycles. The number of β-lactam (4-membered cyclic amide) rings is 1. The highest BCUT2D eigenvalue weighted by atomic mass is 35.5. The molecule has 3 aromatic rings. The van der Waals surface area contributed by atoms with Gasteiger partial charge in [0.2, 0.25) is 11.8 Å². The number of rotatable bonds is 5. The molecule has 0 bridgehead atoms. The summed E-state index contributed by atoms with van der Waals surface area (Å²) in [5.74, 6) is -1.71. The monoisotopic (exact) mass is 515 g/mol. The van der Waals surface area contributed by atoms with Gasteiger partial charge >= 0.3 is 5.97 Å². The minimum Gasteiger partial charge on any atom is -0.478 e. The van der Waals surface area contributed by atoms with Crippen LogP contribution in [0, 0.1) is 12.7 Å². The molecule has 10 heteroatoms. The number of carboxylic acid groups (broad SMARTS) is 1. The van der Waals surface area contributed by atoms with Gasteiger partial charge in [-0.2, -0.15) is 0 Å². The van der Waals surface area contributed by atoms with Crippen LogP contribution in [-0.2, 0) is 16.1 Å². The Labute approximate surface area is 210 Å². The number of halogens is 2. The van der Waals surface area contributed by atoms with E-state index in [1.54, 1.807) is 33.7 Å². The van der Waals surface area contributed by atoms with Crippen molar-refractivity contribution in [2.45, 2.75) is 48.1 Å². The molecule has 2 aliphatic rings. The fourth-order valence-electron chi connectivity index (χ4n) is 4.92. The van der Waals surface area contributed by atoms with Crippen LogP contribution in [0.4, 0.5) is 4.39 Å². The van der Waals surface area contributed by atoms with Gasteiger partial charge in [-0.15, -0.1) is 0 Å². The second-order valence-corrected chi connectivity index (χ2v) is 10.6. The normalized spacial score (nSPS) is 16.9. The third kappa shape index (κ3) is 4.27. The zero-order valence-electron chi connectivity index (χ0n) is 18.9. The summed E-state index contributed by atoms with van der Waals surface area (Å²) in [6.07, 6.45) is 1.91. The van der Waals surface area contributed by atoms with Gasteiger partial charge in [0.15, 0.2) is 5.82 Å². The van der Waals surface area contributed by atoms with Gasteiger partial charge in [-0.05, 0) is 50.1 Å². The van der Waals surface area contributed by atoms with Gasteiger partial charge in [-0.1, -0.05) is 29.4 Å². The zero-order chi connectivity index (χ0) is 24.9. The smallest absolute Gasteiger partial charge is 0.335 e. The number of nitrogens with zero attached hydrogens (tertiary/aromatic N) is 2. The Bertz CT molecular complexity index is 1370. The van der Waals surface area contributed by atoms with Crippen molar-refractivity contribution in [2.75, 3.05) is 13.1 Å². The van der Waals surface area contributed by atoms with E-state index in [0.717, 1.165) is 4.90 Å². The van der Waals surface area contributed by atoms with Crippen LogP contribution in [0.25, 0.3) is 10.9 Å². The molecule has 182 valence electrons. The number of hydrogen-bond acceptors (Lipinski definition) is 4. The van der Waals surface area contributed by atoms with Crippen molar-refractivity contribution in [2.24, 2.45) is 0 Å². The summed E-state index contributed by atoms with van der Waals surface area (Å²) in [6.45, 7) is 2.84. The maximum atomic E-state index is 15.2. The maximum absolute atomic E-state index is 15.2. The number of benzene rings is 2. The van der Waals surface area contributed by atoms with E-state index >= 15 is 4.39 Å². The average Bonchev–Trinajstić information content (AvgIpc) is 3.07. The molecule has 2 aliphatic heterocycles. The first-order valence-electron chi connectivity index (χ1n) is 11.2. The largest absolute Gasteiger partial charge is 0.478 e. The molecule has 3 heterocycles. The number of aromatic nitrogens is 1. The summed E-state index contributed by atoms with van der Waals surface area (Å²) < 4.78 is 16.9. The molecule has 5 rings (SSSR count). The van der Waals surface area contributed by atoms with Crippen molar-refractivity contribution in [1.82, 2.24) is 14.8 Å². The summed E-state index contributed by atoms with van der Waals surface area (Å²) in [6, 6.07) is 9.74. The second kappa shape index (κ2) is 8.87. The van der Waals surface area contributed by atoms with Crippen LogP contribution < -0.4 is 5.32 Å². The molecule has 2 N–H and O–H groups in total. The number of amides is 2. The van der Waals surface area contributed by atoms with Crippen LogP contribution in [0.1, 0.15) is 35.3 Å². The second-order valence-electron chi connectivity index (χ2n) is 9.08. The number of nitrogens with one attached hydrogen (secondary N) is 1. The van der Waals surface area contributed by atoms with E-state index in [-0.39, 0.29) is 40.0 Å². The van der Waals surface area contributed by atoms with Crippen LogP contribution in [0.3, 0.4) is 0 Å². The van der Waals surface area contributed by atoms with Crippen LogP contribution in [0.5, 0.6) is 0 Å². The highest BCUT2D eigenvalue weighted by Gasteiger charge is 2.45. The molecule has 0 unspecified atom stereocenters. The minimum atomic E-state index is -1.03. The fraction of sp³-hybridized carbons (Fsp3) is 0.320. The standard InChI is InChI=1S/C25H23ClFN3O4S/c1-14-23(35-16-4-2-3-15(11-16)24(33)34)17-5-6-18(26)21(27)22(17)30(14)13-20(32)29-9-7-25(8-10-29)12-19(31)28-25/h2-6,11H,7-10,12-13H2,1H3,(H,28,31)(H,33,34). The van der Waals surface area contributed by atoms with Crippen molar-refractivity contribution in [3.05, 3.63) is 58.5 Å². The van der Waals surface area contributed by atoms with Crippen LogP contribution >= 0.6 is 23.4 Å². The predicted molar refractivity (Wildman–Crippen MR) is 130 cm³/mol. The SMILES string of the molecule is Cc1c(Sc2cccc(C(=O)O)c2)c2ccc(Cl)c(F)c2n1CC(=O)N1CCC2(CC1)CC(=O)N2. The van der Waals surface area contributed by atoms with Crippen molar-refractivity contribution in [3.8, 4) is 0 Å². The van der Waals surface area contributed by atoms with E-state index in [1.165, 1.54) is 23.9 Å². The Kier molecular flexibility index (Phi) is 6.01. The number of piperidine rings is 1. The number of aromatic carboxylic acids is 1. The molecule has 2 amide bonds. The molecule has 0 radical (unpaired) electrons. The highest BCUT2D eigenvalue weighted by Crippen LogP contribution is 2.41. The molecule has 0 atom stereocenters. The van der Waals surface area contributed by atoms with Gasteiger partial charge in [-0.25, -0.2) is 9.18 Å². The molecular weight excluding hydrogens is 493 g/mol. The minimum absolute atomic E-state index is 0.0336. The number of carbonyl (C=O) groups is 3. The molecule has 7 nitrogen and oxygen atoms in total. The molecule has 2 fully saturated rings. The molecule has 35 heavy (non-hydrogen) atoms. The van der Waals surface area contributed by atoms with Gasteiger partial charge in [0.25, 0.3) is 0 Å². The zero-order valence-corrected chi connectivity index (χ0v) is 20.5. The first kappa shape index (κ1) is 23.7. The van der Waals surface area contributed by atoms with Crippen molar-refractivity contribution >= 4 is 52.0 Å². The fourth-order valence-corrected chi connectivity index (χ4v) is 6.17. The van der Waals surface area contributed by atoms with E-state index in [0.29, 0.717) is 48.3 Å². The van der Waals surface area contributed by atoms with Crippen LogP contribution in [0.15, 0.2) is 46.2 Å². The number of hydrogen-bond donors (Lipinski definition) is 2. The lowest BCUT2D eigenvalue weighted by atomic mass is 9.78. The predicted octanol–water partition coefficient (Wildman–Crippen LogP) is 4.47. The number of likely N-dealkylation sites (tertiary alicyclic amines) is 1. The quantitative estimate of drug-likeness (QED) is 0.489. The lowest BCUT2D eigenvalue weighted by Crippen LogP contribution is -2.65. The third-order valence-electron chi connectivity index (χ3n) is 6.89. The van der Waals surface area contributed by atoms with Gasteiger partial charge in [0, 0.05) is 40.4 Å². The van der Waals surface area contributed by atoms with Crippen LogP contribution in [-0.4, -0.2) is 51.0 Å². The summed E-state index contributed by atoms with van der Waals surface area (Å²) in [5, 5.41) is 12.9. The van der Waals surface area contributed by atoms with E-state index in [9.17, 15) is 19.5 Å². The van der Waals surface area contributed by atoms with Crippen molar-refractivity contribution < 1.29 is 23.9 Å². The number of fused-ring (bicyclic) bond motifs is 1. The number of carboxylic acids is 1. The highest BCUT2D eigenvalue weighted by molar-refractivity contribution is 7.99. The van der Waals surface area contributed by atoms with Gasteiger partial charge in [0.1, 0.15) is 6.54 Å². The Morgan fingerprint density at radius 2 is 1.94 bits per heavy atom. The molecule has 1 aromatic heterocycles. The third-order valence-corrected chi connectivity index (χ3v) is 8.39. The van der Waals surface area contributed by atoms with Crippen molar-refractivity contribution in [3.63, 3.8) is 0 Å². The first-order chi connectivity index (χ1) is 16.7. The lowest BCUT2D eigenvalue weighted by molar-refractivity contribution is -0.139. The lowest BCUT2D eigenvalue weighted by Gasteiger charge is -2.47. The Hall–Kier alpha value is -3.04. The topological polar surface area (TPSA) is 91.6 Å². The van der Waals surface area contributed by atoms with Gasteiger partial charge in [0.05, 0.1) is 21.6 Å². The van der Waals surface area contributed by atoms with E-state index in [1.807, 2.05) is 6.92 Å². The molecule has 0 aliphatic carbocycles.